The summed E-state index contributed by atoms with van der Waals surface area (Å²) in [6.45, 7) is 5.54. The summed E-state index contributed by atoms with van der Waals surface area (Å²) in [5.41, 5.74) is -1.10. The second-order valence-electron chi connectivity index (χ2n) is 9.07. The second-order valence-corrected chi connectivity index (χ2v) is 10.8. The van der Waals surface area contributed by atoms with E-state index >= 15 is 0 Å². The van der Waals surface area contributed by atoms with Gasteiger partial charge in [-0.3, -0.25) is 14.3 Å². The zero-order valence-corrected chi connectivity index (χ0v) is 18.4. The Labute approximate surface area is 180 Å². The van der Waals surface area contributed by atoms with E-state index in [9.17, 15) is 22.4 Å². The van der Waals surface area contributed by atoms with E-state index in [0.29, 0.717) is 18.6 Å². The Morgan fingerprint density at radius 3 is 2.61 bits per heavy atom. The van der Waals surface area contributed by atoms with Gasteiger partial charge in [0.25, 0.3) is 5.91 Å². The number of aryl methyl sites for hydroxylation is 1. The fourth-order valence-electron chi connectivity index (χ4n) is 5.14. The van der Waals surface area contributed by atoms with Crippen molar-refractivity contribution in [3.63, 3.8) is 0 Å². The van der Waals surface area contributed by atoms with Crippen LogP contribution in [-0.2, 0) is 14.8 Å². The van der Waals surface area contributed by atoms with E-state index in [1.807, 2.05) is 13.8 Å². The molecule has 2 N–H and O–H groups in total. The van der Waals surface area contributed by atoms with E-state index in [2.05, 4.69) is 10.0 Å². The molecule has 2 atom stereocenters. The quantitative estimate of drug-likeness (QED) is 0.692. The van der Waals surface area contributed by atoms with E-state index < -0.39 is 27.2 Å². The first-order valence-corrected chi connectivity index (χ1v) is 11.8. The number of carbonyl (C=O) groups excluding carboxylic acids is 2. The van der Waals surface area contributed by atoms with Crippen molar-refractivity contribution in [2.24, 2.45) is 16.7 Å². The van der Waals surface area contributed by atoms with Gasteiger partial charge in [0.05, 0.1) is 34.4 Å². The normalized spacial score (nSPS) is 24.4. The maximum absolute atomic E-state index is 14.2. The molecule has 2 saturated carbocycles. The van der Waals surface area contributed by atoms with Gasteiger partial charge in [-0.25, -0.2) is 12.8 Å². The summed E-state index contributed by atoms with van der Waals surface area (Å²) in [4.78, 5) is 25.0. The highest BCUT2D eigenvalue weighted by Gasteiger charge is 2.65. The fourth-order valence-corrected chi connectivity index (χ4v) is 7.03. The van der Waals surface area contributed by atoms with E-state index in [1.165, 1.54) is 24.5 Å². The molecule has 4 rings (SSSR count). The fraction of sp³-hybridized carbons (Fsp3) is 0.455. The number of anilines is 2. The molecule has 0 saturated heterocycles. The molecule has 2 aromatic rings. The Kier molecular flexibility index (Phi) is 4.99. The van der Waals surface area contributed by atoms with Gasteiger partial charge in [0.1, 0.15) is 17.4 Å². The lowest BCUT2D eigenvalue weighted by Gasteiger charge is -2.36. The number of furan rings is 1. The SMILES string of the molecule is Cc1occc1C(=O)Nc1cc(NS(=O)(=O)CC23CCC(CC2=O)C3(C)C)ccc1F. The van der Waals surface area contributed by atoms with E-state index in [1.54, 1.807) is 6.92 Å². The average Bonchev–Trinajstić information content (AvgIpc) is 3.25. The molecule has 0 radical (unpaired) electrons. The second kappa shape index (κ2) is 7.19. The van der Waals surface area contributed by atoms with Crippen LogP contribution in [0.4, 0.5) is 15.8 Å². The number of fused-ring (bicyclic) bond motifs is 2. The Bertz CT molecular complexity index is 1170. The topological polar surface area (TPSA) is 105 Å². The van der Waals surface area contributed by atoms with Crippen molar-refractivity contribution in [1.29, 1.82) is 0 Å². The highest BCUT2D eigenvalue weighted by molar-refractivity contribution is 7.92. The van der Waals surface area contributed by atoms with Gasteiger partial charge in [-0.05, 0) is 55.4 Å². The number of rotatable bonds is 6. The third-order valence-electron chi connectivity index (χ3n) is 7.17. The molecule has 0 aliphatic heterocycles. The maximum atomic E-state index is 14.2. The monoisotopic (exact) mass is 448 g/mol. The first-order chi connectivity index (χ1) is 14.4. The molecule has 7 nitrogen and oxygen atoms in total. The Morgan fingerprint density at radius 2 is 2.03 bits per heavy atom. The van der Waals surface area contributed by atoms with Gasteiger partial charge >= 0.3 is 0 Å². The first-order valence-electron chi connectivity index (χ1n) is 10.1. The number of nitrogens with one attached hydrogen (secondary N) is 2. The largest absolute Gasteiger partial charge is 0.469 e. The molecule has 166 valence electrons. The molecule has 0 spiro atoms. The molecule has 2 fully saturated rings. The van der Waals surface area contributed by atoms with Crippen LogP contribution in [0.1, 0.15) is 49.2 Å². The summed E-state index contributed by atoms with van der Waals surface area (Å²) in [7, 11) is -3.89. The number of sulfonamides is 1. The highest BCUT2D eigenvalue weighted by Crippen LogP contribution is 2.64. The molecule has 2 aliphatic rings. The van der Waals surface area contributed by atoms with Crippen LogP contribution in [0.3, 0.4) is 0 Å². The minimum absolute atomic E-state index is 0.00154. The lowest BCUT2D eigenvalue weighted by atomic mass is 9.70. The van der Waals surface area contributed by atoms with E-state index in [4.69, 9.17) is 4.42 Å². The van der Waals surface area contributed by atoms with Crippen LogP contribution in [0.25, 0.3) is 0 Å². The third-order valence-corrected chi connectivity index (χ3v) is 8.59. The zero-order chi connectivity index (χ0) is 22.6. The van der Waals surface area contributed by atoms with Gasteiger partial charge in [0, 0.05) is 6.42 Å². The van der Waals surface area contributed by atoms with Crippen molar-refractivity contribution < 1.29 is 26.8 Å². The van der Waals surface area contributed by atoms with Gasteiger partial charge < -0.3 is 9.73 Å². The molecular weight excluding hydrogens is 423 g/mol. The lowest BCUT2D eigenvalue weighted by molar-refractivity contribution is -0.128. The van der Waals surface area contributed by atoms with Crippen LogP contribution in [0, 0.1) is 29.5 Å². The number of ketones is 1. The third kappa shape index (κ3) is 3.54. The summed E-state index contributed by atoms with van der Waals surface area (Å²) >= 11 is 0. The predicted octanol–water partition coefficient (Wildman–Crippen LogP) is 4.12. The number of benzene rings is 1. The van der Waals surface area contributed by atoms with E-state index in [0.717, 1.165) is 12.5 Å². The number of carbonyl (C=O) groups is 2. The first kappa shape index (κ1) is 21.5. The lowest BCUT2D eigenvalue weighted by Crippen LogP contribution is -2.43. The molecular formula is C22H25FN2O5S. The van der Waals surface area contributed by atoms with Crippen molar-refractivity contribution >= 4 is 33.1 Å². The van der Waals surface area contributed by atoms with E-state index in [-0.39, 0.29) is 39.8 Å². The standard InChI is InChI=1S/C22H25FN2O5S/c1-13-16(7-9-30-13)20(27)24-18-11-15(4-5-17(18)23)25-31(28,29)12-22-8-6-14(10-19(22)26)21(22,2)3/h4-5,7,9,11,14,25H,6,8,10,12H2,1-3H3,(H,24,27). The van der Waals surface area contributed by atoms with Crippen molar-refractivity contribution in [2.75, 3.05) is 15.8 Å². The summed E-state index contributed by atoms with van der Waals surface area (Å²) in [6.07, 6.45) is 3.17. The molecule has 1 amide bonds. The maximum Gasteiger partial charge on any atom is 0.259 e. The Morgan fingerprint density at radius 1 is 1.29 bits per heavy atom. The number of hydrogen-bond acceptors (Lipinski definition) is 5. The molecule has 1 aromatic heterocycles. The summed E-state index contributed by atoms with van der Waals surface area (Å²) in [5.74, 6) is -1.000. The van der Waals surface area contributed by atoms with Crippen molar-refractivity contribution in [3.8, 4) is 0 Å². The Balaban J connectivity index is 1.54. The summed E-state index contributed by atoms with van der Waals surface area (Å²) in [5, 5.41) is 2.44. The summed E-state index contributed by atoms with van der Waals surface area (Å²) < 4.78 is 47.7. The number of halogens is 1. The van der Waals surface area contributed by atoms with Gasteiger partial charge in [-0.1, -0.05) is 13.8 Å². The minimum atomic E-state index is -3.89. The zero-order valence-electron chi connectivity index (χ0n) is 17.6. The van der Waals surface area contributed by atoms with Gasteiger partial charge in [0.15, 0.2) is 0 Å². The minimum Gasteiger partial charge on any atom is -0.469 e. The molecule has 2 aliphatic carbocycles. The summed E-state index contributed by atoms with van der Waals surface area (Å²) in [6, 6.07) is 5.03. The van der Waals surface area contributed by atoms with Gasteiger partial charge in [-0.2, -0.15) is 0 Å². The van der Waals surface area contributed by atoms with Crippen molar-refractivity contribution in [2.45, 2.75) is 40.0 Å². The molecule has 1 heterocycles. The molecule has 2 unspecified atom stereocenters. The average molecular weight is 449 g/mol. The van der Waals surface area contributed by atoms with Gasteiger partial charge in [0.2, 0.25) is 10.0 Å². The van der Waals surface area contributed by atoms with Crippen LogP contribution in [0.15, 0.2) is 34.9 Å². The van der Waals surface area contributed by atoms with Crippen LogP contribution in [0.2, 0.25) is 0 Å². The number of hydrogen-bond donors (Lipinski definition) is 2. The molecule has 31 heavy (non-hydrogen) atoms. The Hall–Kier alpha value is -2.68. The highest BCUT2D eigenvalue weighted by atomic mass is 32.2. The molecule has 2 bridgehead atoms. The molecule has 9 heteroatoms. The van der Waals surface area contributed by atoms with Crippen LogP contribution < -0.4 is 10.0 Å². The van der Waals surface area contributed by atoms with Crippen molar-refractivity contribution in [1.82, 2.24) is 0 Å². The predicted molar refractivity (Wildman–Crippen MR) is 114 cm³/mol. The van der Waals surface area contributed by atoms with Crippen LogP contribution in [0.5, 0.6) is 0 Å². The van der Waals surface area contributed by atoms with Crippen LogP contribution in [-0.4, -0.2) is 25.9 Å². The van der Waals surface area contributed by atoms with Gasteiger partial charge in [-0.15, -0.1) is 0 Å². The number of amides is 1. The molecule has 1 aromatic carbocycles. The van der Waals surface area contributed by atoms with Crippen molar-refractivity contribution in [3.05, 3.63) is 47.7 Å². The number of Topliss-reactive ketones (excluding diaryl/α,β-unsaturated/α-hetero) is 1. The van der Waals surface area contributed by atoms with Crippen LogP contribution >= 0.6 is 0 Å². The smallest absolute Gasteiger partial charge is 0.259 e.